The van der Waals surface area contributed by atoms with Gasteiger partial charge in [-0.05, 0) is 18.2 Å². The number of rotatable bonds is 5. The highest BCUT2D eigenvalue weighted by Gasteiger charge is 2.16. The normalized spacial score (nSPS) is 14.7. The molecule has 0 heterocycles. The van der Waals surface area contributed by atoms with Crippen LogP contribution in [0.4, 0.5) is 0 Å². The molecule has 2 heteroatoms. The predicted octanol–water partition coefficient (Wildman–Crippen LogP) is 2.99. The fraction of sp³-hybridized carbons (Fsp3) is 0.333. The van der Waals surface area contributed by atoms with E-state index in [2.05, 4.69) is 25.0 Å². The molecule has 0 bridgehead atoms. The molecule has 14 heavy (non-hydrogen) atoms. The quantitative estimate of drug-likeness (QED) is 0.751. The maximum absolute atomic E-state index is 6.17. The number of allylic oxidation sites excluding steroid dienone is 1. The fourth-order valence-electron chi connectivity index (χ4n) is 1.44. The molecule has 0 radical (unpaired) electrons. The summed E-state index contributed by atoms with van der Waals surface area (Å²) >= 11 is 1.80. The molecule has 0 aliphatic carbocycles. The maximum Gasteiger partial charge on any atom is 0.0418 e. The molecule has 0 spiro atoms. The number of thioether (sulfide) groups is 1. The largest absolute Gasteiger partial charge is 0.323 e. The van der Waals surface area contributed by atoms with Crippen LogP contribution in [-0.2, 0) is 0 Å². The van der Waals surface area contributed by atoms with E-state index in [1.165, 1.54) is 5.56 Å². The second-order valence-corrected chi connectivity index (χ2v) is 4.31. The summed E-state index contributed by atoms with van der Waals surface area (Å²) in [7, 11) is 0. The first-order valence-electron chi connectivity index (χ1n) is 4.73. The summed E-state index contributed by atoms with van der Waals surface area (Å²) in [6.07, 6.45) is 4.98. The van der Waals surface area contributed by atoms with Gasteiger partial charge in [-0.1, -0.05) is 36.4 Å². The third kappa shape index (κ3) is 2.89. The molecule has 0 amide bonds. The molecule has 0 aliphatic rings. The summed E-state index contributed by atoms with van der Waals surface area (Å²) < 4.78 is 0. The molecule has 1 nitrogen and oxygen atoms in total. The third-order valence-electron chi connectivity index (χ3n) is 2.29. The minimum atomic E-state index is 0.101. The van der Waals surface area contributed by atoms with Crippen LogP contribution in [0.2, 0.25) is 0 Å². The molecular formula is C12H17NS. The van der Waals surface area contributed by atoms with Crippen LogP contribution in [0, 0.1) is 0 Å². The predicted molar refractivity (Wildman–Crippen MR) is 65.5 cm³/mol. The first-order valence-corrected chi connectivity index (χ1v) is 6.02. The minimum absolute atomic E-state index is 0.101. The Balaban J connectivity index is 2.72. The van der Waals surface area contributed by atoms with Crippen molar-refractivity contribution in [3.63, 3.8) is 0 Å². The van der Waals surface area contributed by atoms with Crippen LogP contribution in [0.1, 0.15) is 18.0 Å². The van der Waals surface area contributed by atoms with E-state index in [-0.39, 0.29) is 6.04 Å². The van der Waals surface area contributed by atoms with Crippen LogP contribution in [0.3, 0.4) is 0 Å². The van der Waals surface area contributed by atoms with E-state index in [0.29, 0.717) is 5.25 Å². The molecule has 0 fully saturated rings. The fourth-order valence-corrected chi connectivity index (χ4v) is 2.22. The second-order valence-electron chi connectivity index (χ2n) is 3.23. The van der Waals surface area contributed by atoms with E-state index in [4.69, 9.17) is 5.73 Å². The summed E-state index contributed by atoms with van der Waals surface area (Å²) in [5.74, 6) is 0. The molecule has 1 aromatic carbocycles. The summed E-state index contributed by atoms with van der Waals surface area (Å²) in [6, 6.07) is 10.3. The van der Waals surface area contributed by atoms with Crippen LogP contribution in [0.25, 0.3) is 0 Å². The van der Waals surface area contributed by atoms with Crippen molar-refractivity contribution in [3.05, 3.63) is 48.6 Å². The first-order chi connectivity index (χ1) is 6.79. The van der Waals surface area contributed by atoms with E-state index in [9.17, 15) is 0 Å². The number of hydrogen-bond acceptors (Lipinski definition) is 2. The standard InChI is InChI=1S/C12H17NS/c1-3-7-11(14-2)12(13)10-8-5-4-6-9-10/h3-6,8-9,11-12H,1,7,13H2,2H3/t11-,12+/m1/s1. The molecule has 0 saturated heterocycles. The monoisotopic (exact) mass is 207 g/mol. The molecule has 0 aliphatic heterocycles. The summed E-state index contributed by atoms with van der Waals surface area (Å²) in [4.78, 5) is 0. The van der Waals surface area contributed by atoms with Gasteiger partial charge in [0.05, 0.1) is 0 Å². The van der Waals surface area contributed by atoms with E-state index in [1.54, 1.807) is 11.8 Å². The van der Waals surface area contributed by atoms with Gasteiger partial charge in [0, 0.05) is 11.3 Å². The summed E-state index contributed by atoms with van der Waals surface area (Å²) in [6.45, 7) is 3.76. The van der Waals surface area contributed by atoms with Crippen LogP contribution < -0.4 is 5.73 Å². The third-order valence-corrected chi connectivity index (χ3v) is 3.38. The molecule has 2 atom stereocenters. The summed E-state index contributed by atoms with van der Waals surface area (Å²) in [5, 5.41) is 0.426. The lowest BCUT2D eigenvalue weighted by Gasteiger charge is -2.20. The molecule has 76 valence electrons. The lowest BCUT2D eigenvalue weighted by atomic mass is 10.0. The molecule has 2 N–H and O–H groups in total. The Morgan fingerprint density at radius 1 is 1.43 bits per heavy atom. The minimum Gasteiger partial charge on any atom is -0.323 e. The highest BCUT2D eigenvalue weighted by Crippen LogP contribution is 2.25. The van der Waals surface area contributed by atoms with Crippen molar-refractivity contribution in [2.45, 2.75) is 17.7 Å². The van der Waals surface area contributed by atoms with Gasteiger partial charge in [0.15, 0.2) is 0 Å². The van der Waals surface area contributed by atoms with Crippen molar-refractivity contribution in [1.29, 1.82) is 0 Å². The van der Waals surface area contributed by atoms with Gasteiger partial charge in [-0.3, -0.25) is 0 Å². The summed E-state index contributed by atoms with van der Waals surface area (Å²) in [5.41, 5.74) is 7.37. The van der Waals surface area contributed by atoms with Gasteiger partial charge < -0.3 is 5.73 Å². The van der Waals surface area contributed by atoms with Crippen molar-refractivity contribution in [2.24, 2.45) is 5.73 Å². The van der Waals surface area contributed by atoms with E-state index < -0.39 is 0 Å². The Hall–Kier alpha value is -0.730. The zero-order chi connectivity index (χ0) is 10.4. The average Bonchev–Trinajstić information content (AvgIpc) is 2.26. The Labute approximate surface area is 90.4 Å². The zero-order valence-electron chi connectivity index (χ0n) is 8.52. The second kappa shape index (κ2) is 5.89. The van der Waals surface area contributed by atoms with Crippen LogP contribution in [0.5, 0.6) is 0 Å². The molecule has 0 unspecified atom stereocenters. The SMILES string of the molecule is C=CC[C@@H](SC)[C@@H](N)c1ccccc1. The molecule has 1 aromatic rings. The van der Waals surface area contributed by atoms with Gasteiger partial charge in [0.25, 0.3) is 0 Å². The number of hydrogen-bond donors (Lipinski definition) is 1. The van der Waals surface area contributed by atoms with Gasteiger partial charge in [-0.15, -0.1) is 6.58 Å². The van der Waals surface area contributed by atoms with E-state index in [1.807, 2.05) is 24.3 Å². The van der Waals surface area contributed by atoms with E-state index in [0.717, 1.165) is 6.42 Å². The molecular weight excluding hydrogens is 190 g/mol. The average molecular weight is 207 g/mol. The van der Waals surface area contributed by atoms with Gasteiger partial charge in [-0.2, -0.15) is 11.8 Å². The highest BCUT2D eigenvalue weighted by atomic mass is 32.2. The molecule has 1 rings (SSSR count). The maximum atomic E-state index is 6.17. The Kier molecular flexibility index (Phi) is 4.77. The van der Waals surface area contributed by atoms with Crippen molar-refractivity contribution >= 4 is 11.8 Å². The lowest BCUT2D eigenvalue weighted by Crippen LogP contribution is -2.22. The van der Waals surface area contributed by atoms with Gasteiger partial charge in [0.1, 0.15) is 0 Å². The lowest BCUT2D eigenvalue weighted by molar-refractivity contribution is 0.680. The highest BCUT2D eigenvalue weighted by molar-refractivity contribution is 7.99. The first kappa shape index (κ1) is 11.3. The van der Waals surface area contributed by atoms with E-state index >= 15 is 0 Å². The number of nitrogens with two attached hydrogens (primary N) is 1. The van der Waals surface area contributed by atoms with Gasteiger partial charge >= 0.3 is 0 Å². The van der Waals surface area contributed by atoms with Crippen LogP contribution in [-0.4, -0.2) is 11.5 Å². The number of benzene rings is 1. The van der Waals surface area contributed by atoms with Gasteiger partial charge in [-0.25, -0.2) is 0 Å². The van der Waals surface area contributed by atoms with Crippen molar-refractivity contribution in [1.82, 2.24) is 0 Å². The van der Waals surface area contributed by atoms with Gasteiger partial charge in [0.2, 0.25) is 0 Å². The molecule has 0 saturated carbocycles. The topological polar surface area (TPSA) is 26.0 Å². The van der Waals surface area contributed by atoms with Crippen molar-refractivity contribution in [3.8, 4) is 0 Å². The van der Waals surface area contributed by atoms with Crippen LogP contribution in [0.15, 0.2) is 43.0 Å². The van der Waals surface area contributed by atoms with Crippen molar-refractivity contribution in [2.75, 3.05) is 6.26 Å². The van der Waals surface area contributed by atoms with Crippen molar-refractivity contribution < 1.29 is 0 Å². The van der Waals surface area contributed by atoms with Crippen LogP contribution >= 0.6 is 11.8 Å². The Bertz CT molecular complexity index is 271. The Morgan fingerprint density at radius 2 is 2.07 bits per heavy atom. The zero-order valence-corrected chi connectivity index (χ0v) is 9.34. The molecule has 0 aromatic heterocycles. The Morgan fingerprint density at radius 3 is 2.57 bits per heavy atom. The smallest absolute Gasteiger partial charge is 0.0418 e.